The van der Waals surface area contributed by atoms with E-state index < -0.39 is 5.82 Å². The van der Waals surface area contributed by atoms with Gasteiger partial charge >= 0.3 is 0 Å². The third-order valence-electron chi connectivity index (χ3n) is 1.47. The summed E-state index contributed by atoms with van der Waals surface area (Å²) in [6, 6.07) is 2.47. The first-order valence-corrected chi connectivity index (χ1v) is 5.15. The third-order valence-corrected chi connectivity index (χ3v) is 2.38. The van der Waals surface area contributed by atoms with Gasteiger partial charge in [-0.25, -0.2) is 9.38 Å². The average molecular weight is 309 g/mol. The number of benzene rings is 1. The molecule has 0 aliphatic heterocycles. The van der Waals surface area contributed by atoms with Crippen LogP contribution in [0.15, 0.2) is 26.6 Å². The molecule has 1 aromatic carbocycles. The second-order valence-electron chi connectivity index (χ2n) is 2.72. The molecule has 0 radical (unpaired) electrons. The Labute approximate surface area is 104 Å². The predicted molar refractivity (Wildman–Crippen MR) is 66.2 cm³/mol. The highest BCUT2D eigenvalue weighted by atomic mass is 79.9. The van der Waals surface area contributed by atoms with Crippen molar-refractivity contribution in [2.45, 2.75) is 0 Å². The van der Waals surface area contributed by atoms with Gasteiger partial charge in [0.05, 0.1) is 15.2 Å². The second-order valence-corrected chi connectivity index (χ2v) is 3.99. The molecule has 8 heteroatoms. The number of rotatable bonds is 1. The minimum absolute atomic E-state index is 0.143. The lowest BCUT2D eigenvalue weighted by Crippen LogP contribution is -2.26. The van der Waals surface area contributed by atoms with Crippen molar-refractivity contribution in [2.75, 3.05) is 0 Å². The second kappa shape index (κ2) is 5.13. The molecule has 5 nitrogen and oxygen atoms in total. The average Bonchev–Trinajstić information content (AvgIpc) is 2.12. The number of aliphatic imine (C=N–C) groups is 2. The largest absolute Gasteiger partial charge is 0.370 e. The van der Waals surface area contributed by atoms with E-state index in [9.17, 15) is 4.39 Å². The van der Waals surface area contributed by atoms with Gasteiger partial charge in [0.15, 0.2) is 5.96 Å². The van der Waals surface area contributed by atoms with Crippen LogP contribution in [-0.2, 0) is 0 Å². The summed E-state index contributed by atoms with van der Waals surface area (Å²) in [4.78, 5) is 7.23. The van der Waals surface area contributed by atoms with Gasteiger partial charge < -0.3 is 17.2 Å². The molecule has 16 heavy (non-hydrogen) atoms. The third kappa shape index (κ3) is 3.35. The van der Waals surface area contributed by atoms with Gasteiger partial charge in [0.1, 0.15) is 5.82 Å². The summed E-state index contributed by atoms with van der Waals surface area (Å²) in [7, 11) is 0. The van der Waals surface area contributed by atoms with Crippen LogP contribution in [0.2, 0.25) is 5.02 Å². The molecule has 6 N–H and O–H groups in total. The van der Waals surface area contributed by atoms with Crippen LogP contribution < -0.4 is 17.2 Å². The van der Waals surface area contributed by atoms with E-state index in [-0.39, 0.29) is 27.1 Å². The number of halogens is 3. The Bertz CT molecular complexity index is 470. The summed E-state index contributed by atoms with van der Waals surface area (Å²) in [5.41, 5.74) is 15.7. The smallest absolute Gasteiger partial charge is 0.223 e. The van der Waals surface area contributed by atoms with Gasteiger partial charge in [-0.3, -0.25) is 0 Å². The van der Waals surface area contributed by atoms with Gasteiger partial charge in [0.25, 0.3) is 0 Å². The molecule has 0 amide bonds. The van der Waals surface area contributed by atoms with Crippen molar-refractivity contribution in [1.82, 2.24) is 0 Å². The fourth-order valence-corrected chi connectivity index (χ4v) is 1.56. The van der Waals surface area contributed by atoms with Gasteiger partial charge in [-0.15, -0.1) is 0 Å². The number of hydrogen-bond acceptors (Lipinski definition) is 1. The number of hydrogen-bond donors (Lipinski definition) is 3. The highest BCUT2D eigenvalue weighted by Crippen LogP contribution is 2.30. The summed E-state index contributed by atoms with van der Waals surface area (Å²) in [6.45, 7) is 0. The van der Waals surface area contributed by atoms with Crippen LogP contribution in [0.25, 0.3) is 0 Å². The van der Waals surface area contributed by atoms with Crippen molar-refractivity contribution in [3.8, 4) is 0 Å². The van der Waals surface area contributed by atoms with Gasteiger partial charge in [0.2, 0.25) is 5.96 Å². The van der Waals surface area contributed by atoms with E-state index in [0.717, 1.165) is 6.07 Å². The zero-order valence-electron chi connectivity index (χ0n) is 7.92. The van der Waals surface area contributed by atoms with Crippen molar-refractivity contribution >= 4 is 45.1 Å². The van der Waals surface area contributed by atoms with Crippen LogP contribution >= 0.6 is 27.5 Å². The first kappa shape index (κ1) is 12.7. The Kier molecular flexibility index (Phi) is 4.08. The molecule has 0 unspecified atom stereocenters. The monoisotopic (exact) mass is 307 g/mol. The van der Waals surface area contributed by atoms with Crippen LogP contribution in [0, 0.1) is 5.82 Å². The van der Waals surface area contributed by atoms with Crippen LogP contribution in [-0.4, -0.2) is 11.9 Å². The summed E-state index contributed by atoms with van der Waals surface area (Å²) < 4.78 is 13.4. The van der Waals surface area contributed by atoms with E-state index in [1.807, 2.05) is 0 Å². The van der Waals surface area contributed by atoms with Crippen molar-refractivity contribution in [2.24, 2.45) is 27.2 Å². The maximum atomic E-state index is 13.2. The summed E-state index contributed by atoms with van der Waals surface area (Å²) in [5.74, 6) is -0.959. The van der Waals surface area contributed by atoms with Gasteiger partial charge in [-0.2, -0.15) is 4.99 Å². The maximum absolute atomic E-state index is 13.2. The van der Waals surface area contributed by atoms with Crippen LogP contribution in [0.5, 0.6) is 0 Å². The van der Waals surface area contributed by atoms with Crippen molar-refractivity contribution < 1.29 is 4.39 Å². The topological polar surface area (TPSA) is 103 Å². The highest BCUT2D eigenvalue weighted by molar-refractivity contribution is 9.10. The van der Waals surface area contributed by atoms with E-state index in [2.05, 4.69) is 25.9 Å². The van der Waals surface area contributed by atoms with E-state index >= 15 is 0 Å². The first-order valence-electron chi connectivity index (χ1n) is 3.98. The molecule has 0 aromatic heterocycles. The Hall–Kier alpha value is -1.34. The molecule has 0 saturated carbocycles. The van der Waals surface area contributed by atoms with Gasteiger partial charge in [0, 0.05) is 6.07 Å². The molecule has 1 rings (SSSR count). The van der Waals surface area contributed by atoms with E-state index in [4.69, 9.17) is 28.8 Å². The maximum Gasteiger partial charge on any atom is 0.223 e. The molecule has 0 heterocycles. The number of guanidine groups is 2. The van der Waals surface area contributed by atoms with Crippen molar-refractivity contribution in [3.63, 3.8) is 0 Å². The molecule has 0 fully saturated rings. The predicted octanol–water partition coefficient (Wildman–Crippen LogP) is 1.46. The Morgan fingerprint density at radius 1 is 1.31 bits per heavy atom. The van der Waals surface area contributed by atoms with Crippen LogP contribution in [0.1, 0.15) is 0 Å². The molecule has 86 valence electrons. The zero-order chi connectivity index (χ0) is 12.3. The molecule has 0 aliphatic rings. The fraction of sp³-hybridized carbons (Fsp3) is 0. The summed E-state index contributed by atoms with van der Waals surface area (Å²) in [5, 5.41) is 0.224. The normalized spacial score (nSPS) is 11.3. The zero-order valence-corrected chi connectivity index (χ0v) is 10.3. The SMILES string of the molecule is NC(N)=NC(N)=Nc1cc(F)c(Br)cc1Cl. The highest BCUT2D eigenvalue weighted by Gasteiger charge is 2.06. The Balaban J connectivity index is 3.15. The van der Waals surface area contributed by atoms with Gasteiger partial charge in [-0.05, 0) is 22.0 Å². The number of nitrogens with zero attached hydrogens (tertiary/aromatic N) is 2. The molecule has 0 spiro atoms. The van der Waals surface area contributed by atoms with E-state index in [0.29, 0.717) is 0 Å². The minimum Gasteiger partial charge on any atom is -0.370 e. The molecular formula is C8H8BrClFN5. The quantitative estimate of drug-likeness (QED) is 0.416. The Morgan fingerprint density at radius 3 is 2.50 bits per heavy atom. The molecule has 1 aromatic rings. The van der Waals surface area contributed by atoms with E-state index in [1.165, 1.54) is 6.07 Å². The van der Waals surface area contributed by atoms with Crippen molar-refractivity contribution in [1.29, 1.82) is 0 Å². The summed E-state index contributed by atoms with van der Waals surface area (Å²) in [6.07, 6.45) is 0. The fourth-order valence-electron chi connectivity index (χ4n) is 0.878. The minimum atomic E-state index is -0.513. The standard InChI is InChI=1S/C8H8BrClFN5/c9-3-1-4(10)6(2-5(3)11)15-8(14)16-7(12)13/h1-2H,(H6,12,13,14,15,16). The molecule has 0 bridgehead atoms. The molecule has 0 atom stereocenters. The lowest BCUT2D eigenvalue weighted by atomic mass is 10.3. The van der Waals surface area contributed by atoms with Gasteiger partial charge in [-0.1, -0.05) is 11.6 Å². The van der Waals surface area contributed by atoms with Crippen LogP contribution in [0.4, 0.5) is 10.1 Å². The molecular weight excluding hydrogens is 300 g/mol. The lowest BCUT2D eigenvalue weighted by Gasteiger charge is -2.01. The Morgan fingerprint density at radius 2 is 1.94 bits per heavy atom. The number of nitrogens with two attached hydrogens (primary N) is 3. The molecule has 0 aliphatic carbocycles. The first-order chi connectivity index (χ1) is 7.40. The summed E-state index contributed by atoms with van der Waals surface area (Å²) >= 11 is 8.79. The van der Waals surface area contributed by atoms with Crippen LogP contribution in [0.3, 0.4) is 0 Å². The molecule has 0 saturated heterocycles. The van der Waals surface area contributed by atoms with Crippen molar-refractivity contribution in [3.05, 3.63) is 27.4 Å². The van der Waals surface area contributed by atoms with E-state index in [1.54, 1.807) is 0 Å². The lowest BCUT2D eigenvalue weighted by molar-refractivity contribution is 0.621.